The maximum absolute atomic E-state index is 12.0. The third-order valence-corrected chi connectivity index (χ3v) is 10.9. The number of benzene rings is 2. The average molecular weight is 700 g/mol. The van der Waals surface area contributed by atoms with Crippen molar-refractivity contribution >= 4 is 43.3 Å². The van der Waals surface area contributed by atoms with Gasteiger partial charge in [0.05, 0.1) is 15.2 Å². The van der Waals surface area contributed by atoms with E-state index in [0.29, 0.717) is 50.9 Å². The Hall–Kier alpha value is -3.62. The van der Waals surface area contributed by atoms with E-state index in [1.54, 1.807) is 19.2 Å². The first-order valence-electron chi connectivity index (χ1n) is 15.9. The maximum Gasteiger partial charge on any atom is 0.303 e. The molecule has 0 radical (unpaired) electrons. The summed E-state index contributed by atoms with van der Waals surface area (Å²) in [6.07, 6.45) is 12.1. The largest absolute Gasteiger partial charge is 0.744 e. The van der Waals surface area contributed by atoms with Gasteiger partial charge >= 0.3 is 5.97 Å². The SMILES string of the molecule is CC[N+]1=C(/C=C/C=C/C=C2/N(CCCCCC(=O)O)c3ccc(S(=O)(=O)[O-])cc3C2(C)CCOC)C(C)(C)c2cc(S(=O)(=O)[O-])ccc21. The van der Waals surface area contributed by atoms with Gasteiger partial charge in [-0.2, -0.15) is 4.58 Å². The average Bonchev–Trinajstić information content (AvgIpc) is 3.37. The van der Waals surface area contributed by atoms with Crippen molar-refractivity contribution in [3.8, 4) is 0 Å². The minimum Gasteiger partial charge on any atom is -0.744 e. The Labute approximate surface area is 283 Å². The number of aliphatic carboxylic acids is 1. The van der Waals surface area contributed by atoms with Gasteiger partial charge in [0.2, 0.25) is 5.69 Å². The fourth-order valence-corrected chi connectivity index (χ4v) is 7.72. The second kappa shape index (κ2) is 14.5. The van der Waals surface area contributed by atoms with Crippen LogP contribution < -0.4 is 4.90 Å². The van der Waals surface area contributed by atoms with Crippen molar-refractivity contribution in [2.75, 3.05) is 31.7 Å². The van der Waals surface area contributed by atoms with E-state index in [1.165, 1.54) is 24.3 Å². The molecule has 1 N–H and O–H groups in total. The number of ether oxygens (including phenoxy) is 1. The molecule has 4 rings (SSSR count). The number of nitrogens with zero attached hydrogens (tertiary/aromatic N) is 2. The minimum atomic E-state index is -4.69. The Kier molecular flexibility index (Phi) is 11.2. The van der Waals surface area contributed by atoms with Crippen molar-refractivity contribution in [1.29, 1.82) is 0 Å². The summed E-state index contributed by atoms with van der Waals surface area (Å²) in [7, 11) is -7.71. The molecule has 0 fully saturated rings. The van der Waals surface area contributed by atoms with Crippen molar-refractivity contribution in [1.82, 2.24) is 0 Å². The highest BCUT2D eigenvalue weighted by atomic mass is 32.2. The van der Waals surface area contributed by atoms with Crippen molar-refractivity contribution < 1.29 is 45.2 Å². The molecule has 13 heteroatoms. The third kappa shape index (κ3) is 7.65. The van der Waals surface area contributed by atoms with Crippen LogP contribution in [0.3, 0.4) is 0 Å². The lowest BCUT2D eigenvalue weighted by Gasteiger charge is -2.30. The number of carboxylic acid groups (broad SMARTS) is 1. The van der Waals surface area contributed by atoms with Crippen LogP contribution in [0.25, 0.3) is 0 Å². The number of allylic oxidation sites excluding steroid dienone is 6. The van der Waals surface area contributed by atoms with Crippen LogP contribution in [0.1, 0.15) is 70.9 Å². The number of carboxylic acids is 1. The highest BCUT2D eigenvalue weighted by Crippen LogP contribution is 2.51. The zero-order valence-corrected chi connectivity index (χ0v) is 29.6. The molecule has 1 unspecified atom stereocenters. The highest BCUT2D eigenvalue weighted by Gasteiger charge is 2.45. The number of carbonyl (C=O) groups is 1. The minimum absolute atomic E-state index is 0.0832. The molecule has 0 bridgehead atoms. The van der Waals surface area contributed by atoms with Crippen LogP contribution in [0.2, 0.25) is 0 Å². The van der Waals surface area contributed by atoms with Crippen LogP contribution in [0.4, 0.5) is 11.4 Å². The van der Waals surface area contributed by atoms with Gasteiger partial charge in [-0.3, -0.25) is 4.79 Å². The van der Waals surface area contributed by atoms with Crippen LogP contribution in [-0.2, 0) is 40.6 Å². The maximum atomic E-state index is 12.0. The molecule has 0 saturated carbocycles. The van der Waals surface area contributed by atoms with E-state index in [1.807, 2.05) is 58.1 Å². The van der Waals surface area contributed by atoms with Gasteiger partial charge < -0.3 is 23.8 Å². The topological polar surface area (TPSA) is 167 Å². The fourth-order valence-electron chi connectivity index (χ4n) is 6.73. The van der Waals surface area contributed by atoms with Gasteiger partial charge in [0.25, 0.3) is 0 Å². The predicted octanol–water partition coefficient (Wildman–Crippen LogP) is 5.35. The number of unbranched alkanes of at least 4 members (excludes halogenated alkanes) is 2. The van der Waals surface area contributed by atoms with E-state index >= 15 is 0 Å². The van der Waals surface area contributed by atoms with Crippen LogP contribution in [0, 0.1) is 0 Å². The molecule has 0 spiro atoms. The number of methoxy groups -OCH3 is 1. The summed E-state index contributed by atoms with van der Waals surface area (Å²) < 4.78 is 78.6. The van der Waals surface area contributed by atoms with E-state index in [-0.39, 0.29) is 16.2 Å². The summed E-state index contributed by atoms with van der Waals surface area (Å²) in [5.74, 6) is -0.843. The number of hydrogen-bond donors (Lipinski definition) is 1. The normalized spacial score (nSPS) is 20.0. The first kappa shape index (κ1) is 37.2. The molecule has 2 heterocycles. The molecule has 2 aromatic rings. The second-order valence-electron chi connectivity index (χ2n) is 12.7. The molecule has 1 atom stereocenters. The van der Waals surface area contributed by atoms with Crippen molar-refractivity contribution in [2.45, 2.75) is 80.4 Å². The predicted molar refractivity (Wildman–Crippen MR) is 181 cm³/mol. The van der Waals surface area contributed by atoms with E-state index in [9.17, 15) is 30.7 Å². The molecule has 0 saturated heterocycles. The Balaban J connectivity index is 1.70. The number of rotatable bonds is 15. The van der Waals surface area contributed by atoms with Gasteiger partial charge in [-0.15, -0.1) is 0 Å². The molecule has 2 aromatic carbocycles. The number of anilines is 1. The van der Waals surface area contributed by atoms with E-state index in [2.05, 4.69) is 9.48 Å². The molecule has 0 aliphatic carbocycles. The van der Waals surface area contributed by atoms with Crippen molar-refractivity contribution in [3.63, 3.8) is 0 Å². The molecule has 260 valence electrons. The Bertz CT molecular complexity index is 1910. The summed E-state index contributed by atoms with van der Waals surface area (Å²) in [5.41, 5.74) is 3.65. The molecule has 0 aromatic heterocycles. The molecular weight excluding hydrogens is 657 g/mol. The van der Waals surface area contributed by atoms with E-state index < -0.39 is 37.0 Å². The zero-order chi connectivity index (χ0) is 35.5. The standard InChI is InChI=1S/C35H44N2O9S2/c1-6-36-29-18-16-25(47(40,41)42)23-27(29)34(2,3)31(36)13-9-7-10-14-32-35(4,20-22-46-5)28-24-26(48(43,44)45)17-19-30(28)37(32)21-12-8-11-15-33(38)39/h7,9-10,13-14,16-19,23-24H,6,8,11-12,15,20-22H2,1-5H3,(H2-,38,39,40,41,42,43,44,45)/p-1. The second-order valence-corrected chi connectivity index (χ2v) is 15.5. The lowest BCUT2D eigenvalue weighted by molar-refractivity contribution is -0.433. The van der Waals surface area contributed by atoms with Gasteiger partial charge in [-0.1, -0.05) is 24.6 Å². The Morgan fingerprint density at radius 3 is 2.19 bits per heavy atom. The summed E-state index contributed by atoms with van der Waals surface area (Å²) in [5, 5.41) is 9.04. The lowest BCUT2D eigenvalue weighted by Crippen LogP contribution is -2.30. The molecule has 11 nitrogen and oxygen atoms in total. The highest BCUT2D eigenvalue weighted by molar-refractivity contribution is 7.86. The third-order valence-electron chi connectivity index (χ3n) is 9.28. The van der Waals surface area contributed by atoms with Gasteiger partial charge in [0, 0.05) is 61.2 Å². The number of hydrogen-bond acceptors (Lipinski definition) is 9. The van der Waals surface area contributed by atoms with Gasteiger partial charge in [-0.05, 0) is 88.9 Å². The van der Waals surface area contributed by atoms with Gasteiger partial charge in [-0.25, -0.2) is 16.8 Å². The Morgan fingerprint density at radius 1 is 0.938 bits per heavy atom. The first-order chi connectivity index (χ1) is 22.5. The summed E-state index contributed by atoms with van der Waals surface area (Å²) >= 11 is 0. The summed E-state index contributed by atoms with van der Waals surface area (Å²) in [4.78, 5) is 12.5. The smallest absolute Gasteiger partial charge is 0.303 e. The van der Waals surface area contributed by atoms with Crippen LogP contribution in [0.15, 0.2) is 82.3 Å². The first-order valence-corrected chi connectivity index (χ1v) is 18.7. The van der Waals surface area contributed by atoms with Crippen molar-refractivity contribution in [2.24, 2.45) is 0 Å². The zero-order valence-electron chi connectivity index (χ0n) is 27.9. The number of fused-ring (bicyclic) bond motifs is 2. The van der Waals surface area contributed by atoms with Crippen LogP contribution in [-0.4, -0.2) is 74.1 Å². The van der Waals surface area contributed by atoms with Crippen molar-refractivity contribution in [3.05, 3.63) is 83.6 Å². The fraction of sp³-hybridized carbons (Fsp3) is 0.429. The molecular formula is C35H43N2O9S2-. The van der Waals surface area contributed by atoms with Crippen LogP contribution >= 0.6 is 0 Å². The van der Waals surface area contributed by atoms with Gasteiger partial charge in [0.1, 0.15) is 26.8 Å². The van der Waals surface area contributed by atoms with Gasteiger partial charge in [0.15, 0.2) is 5.71 Å². The Morgan fingerprint density at radius 2 is 1.58 bits per heavy atom. The quantitative estimate of drug-likeness (QED) is 0.111. The molecule has 0 amide bonds. The summed E-state index contributed by atoms with van der Waals surface area (Å²) in [6.45, 7) is 9.53. The van der Waals surface area contributed by atoms with E-state index in [4.69, 9.17) is 9.84 Å². The lowest BCUT2D eigenvalue weighted by atomic mass is 9.78. The molecule has 2 aliphatic rings. The van der Waals surface area contributed by atoms with E-state index in [0.717, 1.165) is 28.3 Å². The van der Waals surface area contributed by atoms with Crippen LogP contribution in [0.5, 0.6) is 0 Å². The monoisotopic (exact) mass is 699 g/mol. The summed E-state index contributed by atoms with van der Waals surface area (Å²) in [6, 6.07) is 8.90. The molecule has 2 aliphatic heterocycles. The molecule has 48 heavy (non-hydrogen) atoms.